The Morgan fingerprint density at radius 2 is 2.67 bits per heavy atom. The van der Waals surface area contributed by atoms with Crippen molar-refractivity contribution in [3.8, 4) is 0 Å². The van der Waals surface area contributed by atoms with E-state index in [4.69, 9.17) is 6.92 Å². The van der Waals surface area contributed by atoms with Gasteiger partial charge < -0.3 is 0 Å². The zero-order valence-corrected chi connectivity index (χ0v) is 3.90. The van der Waals surface area contributed by atoms with Gasteiger partial charge in [-0.05, 0) is 17.6 Å². The van der Waals surface area contributed by atoms with Crippen molar-refractivity contribution in [2.45, 2.75) is 0 Å². The summed E-state index contributed by atoms with van der Waals surface area (Å²) >= 11 is 1.36. The molecule has 0 saturated heterocycles. The molecule has 1 aromatic heterocycles. The molecular weight excluding hydrogens is 94.1 g/mol. The molecule has 0 atom stereocenters. The van der Waals surface area contributed by atoms with Crippen molar-refractivity contribution in [3.63, 3.8) is 0 Å². The highest BCUT2D eigenvalue weighted by Gasteiger charge is 1.77. The van der Waals surface area contributed by atoms with Crippen LogP contribution in [0.15, 0.2) is 11.4 Å². The molecule has 0 saturated carbocycles. The maximum Gasteiger partial charge on any atom is 0.0586 e. The van der Waals surface area contributed by atoms with Crippen LogP contribution in [0.3, 0.4) is 0 Å². The lowest BCUT2D eigenvalue weighted by molar-refractivity contribution is 1.47. The third-order valence-corrected chi connectivity index (χ3v) is 1.03. The fraction of sp³-hybridized carbons (Fsp3) is 0. The van der Waals surface area contributed by atoms with Crippen LogP contribution in [0.25, 0.3) is 0 Å². The Balaban J connectivity index is 3.05. The summed E-state index contributed by atoms with van der Waals surface area (Å²) in [5.41, 5.74) is 0.611. The molecule has 2 radical (unpaired) electrons. The topological polar surface area (TPSA) is 12.9 Å². The minimum absolute atomic E-state index is 0.611. The molecule has 1 nitrogen and oxygen atoms in total. The molecule has 1 rings (SSSR count). The molecule has 0 aliphatic heterocycles. The van der Waals surface area contributed by atoms with Crippen LogP contribution in [0.1, 0.15) is 5.69 Å². The molecule has 1 heterocycles. The third-order valence-electron chi connectivity index (χ3n) is 0.458. The van der Waals surface area contributed by atoms with Crippen molar-refractivity contribution < 1.29 is 0 Å². The Hall–Kier alpha value is -0.370. The molecule has 6 heavy (non-hydrogen) atoms. The molecule has 0 unspecified atom stereocenters. The van der Waals surface area contributed by atoms with E-state index in [1.807, 2.05) is 5.38 Å². The maximum atomic E-state index is 5.18. The SMILES string of the molecule is [CH]c1ccsn1. The van der Waals surface area contributed by atoms with Gasteiger partial charge in [-0.25, -0.2) is 0 Å². The van der Waals surface area contributed by atoms with Crippen molar-refractivity contribution in [3.05, 3.63) is 24.1 Å². The largest absolute Gasteiger partial charge is 0.197 e. The summed E-state index contributed by atoms with van der Waals surface area (Å²) in [5.74, 6) is 0. The lowest BCUT2D eigenvalue weighted by Gasteiger charge is -1.63. The second-order valence-corrected chi connectivity index (χ2v) is 1.59. The van der Waals surface area contributed by atoms with Crippen LogP contribution in [-0.2, 0) is 0 Å². The van der Waals surface area contributed by atoms with Crippen LogP contribution in [0.4, 0.5) is 0 Å². The van der Waals surface area contributed by atoms with E-state index in [2.05, 4.69) is 4.37 Å². The summed E-state index contributed by atoms with van der Waals surface area (Å²) in [6.07, 6.45) is 0. The molecule has 0 aromatic carbocycles. The van der Waals surface area contributed by atoms with Gasteiger partial charge in [0.2, 0.25) is 0 Å². The Kier molecular flexibility index (Phi) is 0.881. The van der Waals surface area contributed by atoms with Crippen LogP contribution in [-0.4, -0.2) is 4.37 Å². The van der Waals surface area contributed by atoms with Gasteiger partial charge in [0, 0.05) is 12.3 Å². The number of nitrogens with zero attached hydrogens (tertiary/aromatic N) is 1. The van der Waals surface area contributed by atoms with E-state index < -0.39 is 0 Å². The molecule has 0 aliphatic rings. The standard InChI is InChI=1S/C4H3NS/c1-4-2-3-6-5-4/h1-3H. The van der Waals surface area contributed by atoms with Gasteiger partial charge in [-0.15, -0.1) is 0 Å². The lowest BCUT2D eigenvalue weighted by Crippen LogP contribution is -1.57. The molecule has 2 heteroatoms. The van der Waals surface area contributed by atoms with E-state index >= 15 is 0 Å². The Morgan fingerprint density at radius 3 is 2.83 bits per heavy atom. The average molecular weight is 97.1 g/mol. The smallest absolute Gasteiger partial charge is 0.0586 e. The zero-order valence-electron chi connectivity index (χ0n) is 3.09. The molecule has 0 bridgehead atoms. The molecule has 0 aliphatic carbocycles. The third kappa shape index (κ3) is 0.571. The highest BCUT2D eigenvalue weighted by molar-refractivity contribution is 7.03. The number of rotatable bonds is 0. The Labute approximate surface area is 40.8 Å². The van der Waals surface area contributed by atoms with Gasteiger partial charge >= 0.3 is 0 Å². The van der Waals surface area contributed by atoms with E-state index in [1.165, 1.54) is 11.5 Å². The monoisotopic (exact) mass is 97.0 g/mol. The van der Waals surface area contributed by atoms with Crippen molar-refractivity contribution in [2.75, 3.05) is 0 Å². The summed E-state index contributed by atoms with van der Waals surface area (Å²) in [7, 11) is 0. The number of hydrogen-bond acceptors (Lipinski definition) is 2. The Morgan fingerprint density at radius 1 is 1.83 bits per heavy atom. The van der Waals surface area contributed by atoms with Gasteiger partial charge in [-0.2, -0.15) is 4.37 Å². The minimum Gasteiger partial charge on any atom is -0.197 e. The lowest BCUT2D eigenvalue weighted by atomic mass is 10.5. The minimum atomic E-state index is 0.611. The molecule has 0 fully saturated rings. The molecular formula is C4H3NS. The van der Waals surface area contributed by atoms with Crippen molar-refractivity contribution in [1.29, 1.82) is 0 Å². The predicted octanol–water partition coefficient (Wildman–Crippen LogP) is 1.20. The van der Waals surface area contributed by atoms with E-state index in [-0.39, 0.29) is 0 Å². The predicted molar refractivity (Wildman–Crippen MR) is 25.5 cm³/mol. The molecule has 30 valence electrons. The molecule has 0 amide bonds. The highest BCUT2D eigenvalue weighted by atomic mass is 32.1. The van der Waals surface area contributed by atoms with Crippen molar-refractivity contribution in [1.82, 2.24) is 4.37 Å². The van der Waals surface area contributed by atoms with E-state index in [9.17, 15) is 0 Å². The van der Waals surface area contributed by atoms with Gasteiger partial charge in [-0.3, -0.25) is 0 Å². The first-order valence-corrected chi connectivity index (χ1v) is 2.39. The Bertz CT molecular complexity index is 111. The van der Waals surface area contributed by atoms with Gasteiger partial charge in [0.25, 0.3) is 0 Å². The summed E-state index contributed by atoms with van der Waals surface area (Å²) in [6.45, 7) is 5.18. The molecule has 0 spiro atoms. The zero-order chi connectivity index (χ0) is 4.41. The summed E-state index contributed by atoms with van der Waals surface area (Å²) in [5, 5.41) is 1.84. The highest BCUT2D eigenvalue weighted by Crippen LogP contribution is 1.94. The van der Waals surface area contributed by atoms with Gasteiger partial charge in [0.1, 0.15) is 0 Å². The summed E-state index contributed by atoms with van der Waals surface area (Å²) in [6, 6.07) is 1.77. The second kappa shape index (κ2) is 1.39. The fourth-order valence-electron chi connectivity index (χ4n) is 0.222. The average Bonchev–Trinajstić information content (AvgIpc) is 1.86. The van der Waals surface area contributed by atoms with Crippen LogP contribution >= 0.6 is 11.5 Å². The van der Waals surface area contributed by atoms with Crippen molar-refractivity contribution in [2.24, 2.45) is 0 Å². The van der Waals surface area contributed by atoms with E-state index in [0.717, 1.165) is 0 Å². The first-order valence-electron chi connectivity index (χ1n) is 1.55. The van der Waals surface area contributed by atoms with E-state index in [0.29, 0.717) is 5.69 Å². The van der Waals surface area contributed by atoms with Gasteiger partial charge in [0.05, 0.1) is 5.69 Å². The van der Waals surface area contributed by atoms with Gasteiger partial charge in [-0.1, -0.05) is 0 Å². The van der Waals surface area contributed by atoms with Crippen molar-refractivity contribution >= 4 is 11.5 Å². The van der Waals surface area contributed by atoms with Crippen LogP contribution in [0.5, 0.6) is 0 Å². The van der Waals surface area contributed by atoms with Gasteiger partial charge in [0.15, 0.2) is 0 Å². The number of hydrogen-bond donors (Lipinski definition) is 0. The van der Waals surface area contributed by atoms with Crippen LogP contribution in [0.2, 0.25) is 0 Å². The normalized spacial score (nSPS) is 8.83. The first-order chi connectivity index (χ1) is 2.89. The molecule has 1 aromatic rings. The van der Waals surface area contributed by atoms with E-state index in [1.54, 1.807) is 6.07 Å². The summed E-state index contributed by atoms with van der Waals surface area (Å²) in [4.78, 5) is 0. The fourth-order valence-corrected chi connectivity index (χ4v) is 0.666. The summed E-state index contributed by atoms with van der Waals surface area (Å²) < 4.78 is 3.74. The van der Waals surface area contributed by atoms with Crippen LogP contribution < -0.4 is 0 Å². The number of aromatic nitrogens is 1. The maximum absolute atomic E-state index is 5.18. The van der Waals surface area contributed by atoms with Crippen LogP contribution in [0, 0.1) is 6.92 Å². The second-order valence-electron chi connectivity index (χ2n) is 0.924. The quantitative estimate of drug-likeness (QED) is 0.474. The first kappa shape index (κ1) is 3.81. The molecule has 0 N–H and O–H groups in total.